The van der Waals surface area contributed by atoms with Crippen LogP contribution in [0.15, 0.2) is 45.0 Å². The van der Waals surface area contributed by atoms with Crippen LogP contribution in [0.4, 0.5) is 14.5 Å². The number of alkyl halides is 2. The number of nitro benzene ring substituents is 1. The summed E-state index contributed by atoms with van der Waals surface area (Å²) < 4.78 is 37.8. The van der Waals surface area contributed by atoms with Gasteiger partial charge in [0.05, 0.1) is 11.1 Å². The van der Waals surface area contributed by atoms with Crippen LogP contribution in [0, 0.1) is 10.1 Å². The first-order chi connectivity index (χ1) is 13.9. The van der Waals surface area contributed by atoms with Gasteiger partial charge in [-0.3, -0.25) is 10.1 Å². The molecule has 0 atom stereocenters. The lowest BCUT2D eigenvalue weighted by molar-refractivity contribution is -0.385. The molecule has 0 aliphatic carbocycles. The van der Waals surface area contributed by atoms with E-state index in [9.17, 15) is 18.9 Å². The van der Waals surface area contributed by atoms with Crippen LogP contribution < -0.4 is 4.74 Å². The summed E-state index contributed by atoms with van der Waals surface area (Å²) in [5.74, 6) is 0.0475. The van der Waals surface area contributed by atoms with Crippen LogP contribution in [-0.2, 0) is 6.61 Å². The monoisotopic (exact) mass is 443 g/mol. The number of nitro groups is 1. The molecular weight excluding hydrogens is 432 g/mol. The van der Waals surface area contributed by atoms with Crippen molar-refractivity contribution in [1.29, 1.82) is 0 Å². The lowest BCUT2D eigenvalue weighted by Gasteiger charge is -2.05. The summed E-state index contributed by atoms with van der Waals surface area (Å²) >= 11 is 6.87. The van der Waals surface area contributed by atoms with Gasteiger partial charge in [0.2, 0.25) is 11.0 Å². The highest BCUT2D eigenvalue weighted by molar-refractivity contribution is 7.98. The second kappa shape index (κ2) is 9.01. The van der Waals surface area contributed by atoms with Crippen molar-refractivity contribution in [2.24, 2.45) is 5.10 Å². The van der Waals surface area contributed by atoms with E-state index in [1.807, 2.05) is 0 Å². The second-order valence-electron chi connectivity index (χ2n) is 5.36. The van der Waals surface area contributed by atoms with Gasteiger partial charge in [-0.2, -0.15) is 9.78 Å². The van der Waals surface area contributed by atoms with Crippen LogP contribution in [0.3, 0.4) is 0 Å². The Balaban J connectivity index is 1.72. The van der Waals surface area contributed by atoms with Crippen LogP contribution in [0.5, 0.6) is 5.75 Å². The number of benzene rings is 1. The van der Waals surface area contributed by atoms with E-state index in [4.69, 9.17) is 20.8 Å². The van der Waals surface area contributed by atoms with Crippen molar-refractivity contribution >= 4 is 35.3 Å². The lowest BCUT2D eigenvalue weighted by atomic mass is 10.3. The first-order valence-electron chi connectivity index (χ1n) is 7.86. The molecule has 2 heterocycles. The van der Waals surface area contributed by atoms with Crippen LogP contribution in [-0.4, -0.2) is 32.3 Å². The van der Waals surface area contributed by atoms with Crippen molar-refractivity contribution < 1.29 is 22.9 Å². The fourth-order valence-electron chi connectivity index (χ4n) is 2.21. The molecule has 3 rings (SSSR count). The fraction of sp³-hybridized carbons (Fsp3) is 0.188. The van der Waals surface area contributed by atoms with Crippen molar-refractivity contribution in [2.75, 3.05) is 6.26 Å². The predicted octanol–water partition coefficient (Wildman–Crippen LogP) is 4.55. The molecule has 2 aromatic heterocycles. The minimum atomic E-state index is -2.84. The molecule has 0 aliphatic heterocycles. The smallest absolute Gasteiger partial charge is 0.312 e. The molecule has 0 bridgehead atoms. The number of nitrogens with zero attached hydrogens (tertiary/aromatic N) is 5. The molecular formula is C16H12ClF2N5O4S. The van der Waals surface area contributed by atoms with Crippen LogP contribution in [0.25, 0.3) is 0 Å². The zero-order valence-corrected chi connectivity index (χ0v) is 16.2. The van der Waals surface area contributed by atoms with Gasteiger partial charge in [0.15, 0.2) is 5.75 Å². The van der Waals surface area contributed by atoms with Gasteiger partial charge in [-0.15, -0.1) is 10.2 Å². The zero-order chi connectivity index (χ0) is 21.0. The van der Waals surface area contributed by atoms with Crippen molar-refractivity contribution in [3.63, 3.8) is 0 Å². The lowest BCUT2D eigenvalue weighted by Crippen LogP contribution is -2.00. The van der Waals surface area contributed by atoms with Crippen LogP contribution >= 0.6 is 23.4 Å². The molecule has 0 amide bonds. The molecule has 1 aromatic carbocycles. The number of hydrogen-bond donors (Lipinski definition) is 0. The third kappa shape index (κ3) is 4.90. The maximum absolute atomic E-state index is 13.0. The Morgan fingerprint density at radius 3 is 2.90 bits per heavy atom. The molecule has 0 fully saturated rings. The topological polar surface area (TPSA) is 109 Å². The minimum absolute atomic E-state index is 0.0293. The van der Waals surface area contributed by atoms with Gasteiger partial charge in [-0.25, -0.2) is 8.78 Å². The van der Waals surface area contributed by atoms with E-state index >= 15 is 0 Å². The quantitative estimate of drug-likeness (QED) is 0.217. The SMILES string of the molecule is CSc1nnc(C(F)F)n1N=Cc1ccc(COc2ccc(Cl)cc2[N+](=O)[O-])o1. The van der Waals surface area contributed by atoms with Crippen LogP contribution in [0.1, 0.15) is 23.8 Å². The van der Waals surface area contributed by atoms with Gasteiger partial charge in [-0.1, -0.05) is 23.4 Å². The molecule has 0 saturated carbocycles. The highest BCUT2D eigenvalue weighted by Crippen LogP contribution is 2.30. The maximum Gasteiger partial charge on any atom is 0.312 e. The highest BCUT2D eigenvalue weighted by Gasteiger charge is 2.20. The molecule has 13 heteroatoms. The molecule has 0 radical (unpaired) electrons. The number of furan rings is 1. The van der Waals surface area contributed by atoms with E-state index in [1.54, 1.807) is 18.4 Å². The molecule has 29 heavy (non-hydrogen) atoms. The standard InChI is InChI=1S/C16H12ClF2N5O4S/c1-29-16-22-21-15(14(18)19)23(16)20-7-10-3-4-11(28-10)8-27-13-5-2-9(17)6-12(13)24(25)26/h2-7,14H,8H2,1H3. The Hall–Kier alpha value is -2.99. The van der Waals surface area contributed by atoms with E-state index < -0.39 is 17.2 Å². The van der Waals surface area contributed by atoms with Crippen molar-refractivity contribution in [1.82, 2.24) is 14.9 Å². The normalized spacial score (nSPS) is 11.5. The summed E-state index contributed by atoms with van der Waals surface area (Å²) in [7, 11) is 0. The largest absolute Gasteiger partial charge is 0.479 e. The molecule has 0 unspecified atom stereocenters. The van der Waals surface area contributed by atoms with Crippen LogP contribution in [0.2, 0.25) is 5.02 Å². The Kier molecular flexibility index (Phi) is 6.44. The third-order valence-corrected chi connectivity index (χ3v) is 4.34. The summed E-state index contributed by atoms with van der Waals surface area (Å²) in [6.45, 7) is -0.0959. The summed E-state index contributed by atoms with van der Waals surface area (Å²) in [4.78, 5) is 10.5. The van der Waals surface area contributed by atoms with E-state index in [0.29, 0.717) is 5.76 Å². The molecule has 3 aromatic rings. The van der Waals surface area contributed by atoms with Crippen molar-refractivity contribution in [3.05, 3.63) is 62.8 Å². The third-order valence-electron chi connectivity index (χ3n) is 3.48. The summed E-state index contributed by atoms with van der Waals surface area (Å²) in [5, 5.41) is 22.5. The van der Waals surface area contributed by atoms with Gasteiger partial charge in [-0.05, 0) is 30.5 Å². The summed E-state index contributed by atoms with van der Waals surface area (Å²) in [6, 6.07) is 7.14. The van der Waals surface area contributed by atoms with Gasteiger partial charge >= 0.3 is 5.69 Å². The number of ether oxygens (including phenoxy) is 1. The average Bonchev–Trinajstić information content (AvgIpc) is 3.31. The first-order valence-corrected chi connectivity index (χ1v) is 9.46. The predicted molar refractivity (Wildman–Crippen MR) is 101 cm³/mol. The Morgan fingerprint density at radius 2 is 2.21 bits per heavy atom. The summed E-state index contributed by atoms with van der Waals surface area (Å²) in [5.41, 5.74) is -0.275. The van der Waals surface area contributed by atoms with E-state index in [2.05, 4.69) is 15.3 Å². The van der Waals surface area contributed by atoms with Gasteiger partial charge in [0.1, 0.15) is 18.1 Å². The molecule has 0 aliphatic rings. The minimum Gasteiger partial charge on any atom is -0.479 e. The van der Waals surface area contributed by atoms with E-state index in [0.717, 1.165) is 16.4 Å². The second-order valence-corrected chi connectivity index (χ2v) is 6.57. The number of aromatic nitrogens is 3. The summed E-state index contributed by atoms with van der Waals surface area (Å²) in [6.07, 6.45) is 0.0449. The first kappa shape index (κ1) is 20.7. The number of rotatable bonds is 8. The maximum atomic E-state index is 13.0. The molecule has 152 valence electrons. The number of hydrogen-bond acceptors (Lipinski definition) is 8. The highest BCUT2D eigenvalue weighted by atomic mass is 35.5. The Labute approximate surface area is 171 Å². The number of thioether (sulfide) groups is 1. The van der Waals surface area contributed by atoms with Crippen molar-refractivity contribution in [3.8, 4) is 5.75 Å². The molecule has 9 nitrogen and oxygen atoms in total. The van der Waals surface area contributed by atoms with E-state index in [-0.39, 0.29) is 34.0 Å². The average molecular weight is 444 g/mol. The Bertz CT molecular complexity index is 1060. The van der Waals surface area contributed by atoms with Gasteiger partial charge < -0.3 is 9.15 Å². The molecule has 0 saturated heterocycles. The van der Waals surface area contributed by atoms with Gasteiger partial charge in [0.25, 0.3) is 6.43 Å². The molecule has 0 N–H and O–H groups in total. The Morgan fingerprint density at radius 1 is 1.41 bits per heavy atom. The zero-order valence-electron chi connectivity index (χ0n) is 14.7. The number of halogens is 3. The van der Waals surface area contributed by atoms with E-state index in [1.165, 1.54) is 24.4 Å². The molecule has 0 spiro atoms. The fourth-order valence-corrected chi connectivity index (χ4v) is 2.81. The van der Waals surface area contributed by atoms with Crippen molar-refractivity contribution in [2.45, 2.75) is 18.2 Å². The van der Waals surface area contributed by atoms with Gasteiger partial charge in [0, 0.05) is 11.1 Å².